The van der Waals surface area contributed by atoms with Gasteiger partial charge in [0.2, 0.25) is 23.6 Å². The SMILES string of the molecule is COC(=O)CCCCC(=O)N[C@@H](C)C(=O)C[C@@H](C)C(=O)Nc1cc(CO)cc(COc2cc3c(cc2OC)C(=O)N2c4ccccc4C[C@H]2C=N3)c1.COC(=O)CCCCC(=O)N[C@@H](C)C(=O)C[C@@H](C)C(=O)Nc1cc(COc2cc3c(cc2OC)C(=O)N2c4ccccc4C[C@H]2C=N3)cc(CO[Si](C)(C)C(C)(C)C)c1. The van der Waals surface area contributed by atoms with Crippen molar-refractivity contribution in [2.45, 2.75) is 194 Å². The van der Waals surface area contributed by atoms with E-state index >= 15 is 0 Å². The van der Waals surface area contributed by atoms with Crippen LogP contribution in [0.5, 0.6) is 23.0 Å². The minimum absolute atomic E-state index is 0.0152. The van der Waals surface area contributed by atoms with Crippen LogP contribution in [0.4, 0.5) is 34.1 Å². The van der Waals surface area contributed by atoms with Crippen LogP contribution in [0.25, 0.3) is 0 Å². The molecule has 4 aliphatic heterocycles. The van der Waals surface area contributed by atoms with Gasteiger partial charge in [-0.15, -0.1) is 0 Å². The first kappa shape index (κ1) is 84.1. The Bertz CT molecular complexity index is 4530. The standard InChI is InChI=1S/C45H58N4O9Si.C39H44N4O9/c1-28(18-38(50)29(2)47-41(51)16-12-13-17-42(52)56-7)43(53)48-33-20-30(19-31(21-33)27-58-59(8,9)45(3,4)5)26-57-40-24-36-35(23-39(40)55-6)44(54)49-34(25-46-36)22-32-14-10-11-15-37(32)49;1-23(13-33(45)24(2)41-36(46)11-7-8-12-37(47)51-4)38(48)42-28-15-25(21-44)14-26(16-28)22-52-35-19-31-30(18-34(35)50-3)39(49)43-29(20-40-31)17-27-9-5-6-10-32(27)43/h10-11,14-15,19-21,23-25,28-29,34H,12-13,16-18,22,26-27H2,1-9H3,(H,47,51)(H,48,53);5-6,9-10,14-16,18-20,23-24,29,44H,7-8,11-13,17,21-22H2,1-4H3,(H,41,46)(H,42,48)/t28-,29+,34+;23-,24+,29+/m11/s1. The van der Waals surface area contributed by atoms with Gasteiger partial charge in [-0.25, -0.2) is 0 Å². The number of carbonyl (C=O) groups excluding carboxylic acids is 10. The number of anilines is 4. The van der Waals surface area contributed by atoms with Crippen LogP contribution >= 0.6 is 0 Å². The van der Waals surface area contributed by atoms with Crippen LogP contribution in [0.2, 0.25) is 18.1 Å². The number of methoxy groups -OCH3 is 4. The molecule has 6 aromatic carbocycles. The van der Waals surface area contributed by atoms with Gasteiger partial charge in [0.15, 0.2) is 42.9 Å². The topological polar surface area (TPSA) is 335 Å². The molecule has 0 unspecified atom stereocenters. The summed E-state index contributed by atoms with van der Waals surface area (Å²) in [6.07, 6.45) is 7.53. The third-order valence-corrected chi connectivity index (χ3v) is 24.9. The molecule has 6 aromatic rings. The Kier molecular flexibility index (Phi) is 28.9. The van der Waals surface area contributed by atoms with Gasteiger partial charge in [0, 0.05) is 111 Å². The number of aliphatic imine (C=N–C) groups is 2. The lowest BCUT2D eigenvalue weighted by molar-refractivity contribution is -0.141. The Hall–Kier alpha value is -10.9. The number of hydrogen-bond donors (Lipinski definition) is 5. The van der Waals surface area contributed by atoms with E-state index in [2.05, 4.69) is 69.6 Å². The Morgan fingerprint density at radius 2 is 0.910 bits per heavy atom. The van der Waals surface area contributed by atoms with E-state index in [1.807, 2.05) is 72.9 Å². The van der Waals surface area contributed by atoms with Crippen molar-refractivity contribution in [1.29, 1.82) is 0 Å². The molecular weight excluding hydrogens is 1440 g/mol. The number of amides is 6. The molecular formula is C84H102N8O18Si. The minimum atomic E-state index is -2.13. The third kappa shape index (κ3) is 22.0. The van der Waals surface area contributed by atoms with E-state index in [1.165, 1.54) is 28.4 Å². The van der Waals surface area contributed by atoms with Gasteiger partial charge in [-0.1, -0.05) is 71.0 Å². The number of esters is 2. The molecule has 0 saturated carbocycles. The maximum atomic E-state index is 13.9. The zero-order valence-corrected chi connectivity index (χ0v) is 66.5. The first-order chi connectivity index (χ1) is 52.9. The number of carbonyl (C=O) groups is 10. The largest absolute Gasteiger partial charge is 0.493 e. The molecule has 6 atom stereocenters. The number of hydrogen-bond acceptors (Lipinski definition) is 20. The zero-order chi connectivity index (χ0) is 80.4. The first-order valence-electron chi connectivity index (χ1n) is 37.4. The van der Waals surface area contributed by atoms with Crippen molar-refractivity contribution in [3.8, 4) is 23.0 Å². The summed E-state index contributed by atoms with van der Waals surface area (Å²) >= 11 is 0. The highest BCUT2D eigenvalue weighted by Gasteiger charge is 2.40. The molecule has 6 amide bonds. The van der Waals surface area contributed by atoms with E-state index in [-0.39, 0.29) is 129 Å². The fraction of sp³-hybridized carbons (Fsp3) is 0.429. The quantitative estimate of drug-likeness (QED) is 0.0142. The molecule has 0 saturated heterocycles. The maximum absolute atomic E-state index is 13.9. The fourth-order valence-corrected chi connectivity index (χ4v) is 13.9. The number of nitrogens with zero attached hydrogens (tertiary/aromatic N) is 4. The molecule has 0 aliphatic carbocycles. The van der Waals surface area contributed by atoms with Crippen molar-refractivity contribution in [2.24, 2.45) is 21.8 Å². The highest BCUT2D eigenvalue weighted by Crippen LogP contribution is 2.44. The van der Waals surface area contributed by atoms with Crippen LogP contribution < -0.4 is 50.0 Å². The molecule has 4 aliphatic rings. The molecule has 10 rings (SSSR count). The molecule has 26 nitrogen and oxygen atoms in total. The number of benzene rings is 6. The number of fused-ring (bicyclic) bond motifs is 8. The number of para-hydroxylation sites is 2. The van der Waals surface area contributed by atoms with E-state index in [1.54, 1.807) is 86.2 Å². The highest BCUT2D eigenvalue weighted by molar-refractivity contribution is 6.74. The van der Waals surface area contributed by atoms with E-state index < -0.39 is 38.1 Å². The molecule has 27 heteroatoms. The summed E-state index contributed by atoms with van der Waals surface area (Å²) in [7, 11) is 3.51. The van der Waals surface area contributed by atoms with Crippen LogP contribution in [-0.2, 0) is 91.5 Å². The number of unbranched alkanes of at least 4 members (excludes halogenated alkanes) is 2. The monoisotopic (exact) mass is 1540 g/mol. The molecule has 0 spiro atoms. The van der Waals surface area contributed by atoms with Gasteiger partial charge in [0.05, 0.1) is 88.3 Å². The second-order valence-corrected chi connectivity index (χ2v) is 34.7. The third-order valence-electron chi connectivity index (χ3n) is 20.4. The molecule has 0 radical (unpaired) electrons. The molecule has 0 aromatic heterocycles. The van der Waals surface area contributed by atoms with Gasteiger partial charge >= 0.3 is 11.9 Å². The van der Waals surface area contributed by atoms with Crippen molar-refractivity contribution in [2.75, 3.05) is 48.9 Å². The lowest BCUT2D eigenvalue weighted by atomic mass is 9.99. The van der Waals surface area contributed by atoms with E-state index in [0.717, 1.165) is 33.6 Å². The van der Waals surface area contributed by atoms with Gasteiger partial charge in [0.1, 0.15) is 13.2 Å². The van der Waals surface area contributed by atoms with Gasteiger partial charge < -0.3 is 59.2 Å². The first-order valence-corrected chi connectivity index (χ1v) is 40.3. The van der Waals surface area contributed by atoms with E-state index in [9.17, 15) is 53.1 Å². The number of rotatable bonds is 34. The molecule has 590 valence electrons. The average Bonchev–Trinajstić information content (AvgIpc) is 1.62. The van der Waals surface area contributed by atoms with Crippen molar-refractivity contribution in [3.63, 3.8) is 0 Å². The van der Waals surface area contributed by atoms with Gasteiger partial charge in [-0.05, 0) is 152 Å². The maximum Gasteiger partial charge on any atom is 0.305 e. The number of aliphatic hydroxyl groups excluding tert-OH is 1. The van der Waals surface area contributed by atoms with E-state index in [4.69, 9.17) is 28.4 Å². The van der Waals surface area contributed by atoms with Crippen LogP contribution in [0, 0.1) is 11.8 Å². The Labute approximate surface area is 648 Å². The zero-order valence-electron chi connectivity index (χ0n) is 65.5. The van der Waals surface area contributed by atoms with Crippen molar-refractivity contribution in [1.82, 2.24) is 10.6 Å². The Balaban J connectivity index is 0.000000257. The van der Waals surface area contributed by atoms with Crippen LogP contribution in [0.3, 0.4) is 0 Å². The van der Waals surface area contributed by atoms with Crippen molar-refractivity contribution < 1.29 is 85.9 Å². The summed E-state index contributed by atoms with van der Waals surface area (Å²) in [5.74, 6) is -2.85. The number of aliphatic hydroxyl groups is 1. The summed E-state index contributed by atoms with van der Waals surface area (Å²) < 4.78 is 39.6. The summed E-state index contributed by atoms with van der Waals surface area (Å²) in [5, 5.41) is 21.1. The van der Waals surface area contributed by atoms with Crippen molar-refractivity contribution >= 4 is 114 Å². The minimum Gasteiger partial charge on any atom is -0.493 e. The van der Waals surface area contributed by atoms with Gasteiger partial charge in [-0.2, -0.15) is 0 Å². The Morgan fingerprint density at radius 3 is 1.31 bits per heavy atom. The second kappa shape index (κ2) is 38.2. The highest BCUT2D eigenvalue weighted by atomic mass is 28.4. The second-order valence-electron chi connectivity index (χ2n) is 29.9. The fourth-order valence-electron chi connectivity index (χ4n) is 13.0. The molecule has 5 N–H and O–H groups in total. The summed E-state index contributed by atoms with van der Waals surface area (Å²) in [4.78, 5) is 140. The molecule has 0 bridgehead atoms. The average molecular weight is 1540 g/mol. The number of Topliss-reactive ketones (excluding diaryl/α,β-unsaturated/α-hetero) is 2. The lowest BCUT2D eigenvalue weighted by Gasteiger charge is -2.36. The van der Waals surface area contributed by atoms with Crippen LogP contribution in [-0.4, -0.2) is 137 Å². The molecule has 4 heterocycles. The van der Waals surface area contributed by atoms with Crippen LogP contribution in [0.15, 0.2) is 119 Å². The molecule has 111 heavy (non-hydrogen) atoms. The predicted molar refractivity (Wildman–Crippen MR) is 424 cm³/mol. The van der Waals surface area contributed by atoms with Crippen LogP contribution in [0.1, 0.15) is 167 Å². The summed E-state index contributed by atoms with van der Waals surface area (Å²) in [6, 6.07) is 31.1. The van der Waals surface area contributed by atoms with Gasteiger partial charge in [0.25, 0.3) is 11.8 Å². The lowest BCUT2D eigenvalue weighted by Crippen LogP contribution is -2.40. The van der Waals surface area contributed by atoms with E-state index in [0.29, 0.717) is 113 Å². The summed E-state index contributed by atoms with van der Waals surface area (Å²) in [5.41, 5.74) is 9.36. The number of ketones is 2. The normalized spacial score (nSPS) is 15.5. The van der Waals surface area contributed by atoms with Gasteiger partial charge in [-0.3, -0.25) is 67.7 Å². The predicted octanol–water partition coefficient (Wildman–Crippen LogP) is 12.7. The molecule has 0 fully saturated rings. The van der Waals surface area contributed by atoms with Crippen molar-refractivity contribution in [3.05, 3.63) is 154 Å². The number of nitrogens with one attached hydrogen (secondary N) is 4. The smallest absolute Gasteiger partial charge is 0.305 e. The number of ether oxygens (including phenoxy) is 6. The summed E-state index contributed by atoms with van der Waals surface area (Å²) in [6.45, 7) is 17.5. The Morgan fingerprint density at radius 1 is 0.523 bits per heavy atom.